The van der Waals surface area contributed by atoms with Crippen LogP contribution in [0.2, 0.25) is 0 Å². The number of thiocarbonyl (C=S) groups is 1. The molecule has 1 fully saturated rings. The number of benzene rings is 1. The summed E-state index contributed by atoms with van der Waals surface area (Å²) in [7, 11) is 2.14. The van der Waals surface area contributed by atoms with Crippen LogP contribution in [-0.4, -0.2) is 48.8 Å². The Bertz CT molecular complexity index is 828. The number of anilines is 1. The average molecular weight is 418 g/mol. The van der Waals surface area contributed by atoms with Crippen LogP contribution >= 0.6 is 23.6 Å². The Labute approximate surface area is 176 Å². The van der Waals surface area contributed by atoms with Gasteiger partial charge in [-0.2, -0.15) is 0 Å². The van der Waals surface area contributed by atoms with Gasteiger partial charge in [0.1, 0.15) is 10.6 Å². The maximum atomic E-state index is 12.8. The fraction of sp³-hybridized carbons (Fsp3) is 0.429. The summed E-state index contributed by atoms with van der Waals surface area (Å²) >= 11 is 7.08. The lowest BCUT2D eigenvalue weighted by Gasteiger charge is -2.30. The molecule has 3 rings (SSSR count). The minimum absolute atomic E-state index is 0.324. The highest BCUT2D eigenvalue weighted by molar-refractivity contribution is 7.80. The van der Waals surface area contributed by atoms with Crippen LogP contribution in [0.4, 0.5) is 5.00 Å². The van der Waals surface area contributed by atoms with Gasteiger partial charge in [0.2, 0.25) is 0 Å². The molecule has 150 valence electrons. The zero-order valence-corrected chi connectivity index (χ0v) is 18.2. The van der Waals surface area contributed by atoms with Gasteiger partial charge in [0.05, 0.1) is 6.61 Å². The number of piperidine rings is 1. The van der Waals surface area contributed by atoms with E-state index in [0.29, 0.717) is 23.3 Å². The van der Waals surface area contributed by atoms with E-state index < -0.39 is 0 Å². The van der Waals surface area contributed by atoms with Crippen LogP contribution in [0.1, 0.15) is 35.0 Å². The fourth-order valence-electron chi connectivity index (χ4n) is 3.46. The molecule has 1 aromatic carbocycles. The smallest absolute Gasteiger partial charge is 0.341 e. The molecule has 1 aliphatic heterocycles. The van der Waals surface area contributed by atoms with Gasteiger partial charge >= 0.3 is 5.97 Å². The predicted molar refractivity (Wildman–Crippen MR) is 120 cm³/mol. The van der Waals surface area contributed by atoms with Crippen molar-refractivity contribution in [3.05, 3.63) is 40.8 Å². The number of esters is 1. The molecule has 28 heavy (non-hydrogen) atoms. The summed E-state index contributed by atoms with van der Waals surface area (Å²) in [6.45, 7) is 6.29. The van der Waals surface area contributed by atoms with Crippen LogP contribution in [0.15, 0.2) is 30.3 Å². The quantitative estimate of drug-likeness (QED) is 0.559. The lowest BCUT2D eigenvalue weighted by Crippen LogP contribution is -2.44. The largest absolute Gasteiger partial charge is 0.462 e. The van der Waals surface area contributed by atoms with Crippen molar-refractivity contribution in [3.63, 3.8) is 0 Å². The highest BCUT2D eigenvalue weighted by atomic mass is 32.1. The van der Waals surface area contributed by atoms with Gasteiger partial charge in [-0.1, -0.05) is 30.3 Å². The summed E-state index contributed by atoms with van der Waals surface area (Å²) in [5.41, 5.74) is 2.47. The zero-order chi connectivity index (χ0) is 20.1. The molecule has 2 heterocycles. The summed E-state index contributed by atoms with van der Waals surface area (Å²) in [6.07, 6.45) is 2.11. The first-order valence-electron chi connectivity index (χ1n) is 9.61. The van der Waals surface area contributed by atoms with Crippen molar-refractivity contribution >= 4 is 39.6 Å². The zero-order valence-electron chi connectivity index (χ0n) is 16.6. The molecule has 0 atom stereocenters. The van der Waals surface area contributed by atoms with Gasteiger partial charge in [-0.3, -0.25) is 0 Å². The second-order valence-corrected chi connectivity index (χ2v) is 8.63. The molecule has 2 N–H and O–H groups in total. The number of nitrogens with one attached hydrogen (secondary N) is 2. The highest BCUT2D eigenvalue weighted by Gasteiger charge is 2.25. The van der Waals surface area contributed by atoms with Crippen LogP contribution in [0, 0.1) is 6.92 Å². The van der Waals surface area contributed by atoms with Crippen LogP contribution < -0.4 is 10.6 Å². The van der Waals surface area contributed by atoms with E-state index in [4.69, 9.17) is 17.0 Å². The van der Waals surface area contributed by atoms with E-state index >= 15 is 0 Å². The van der Waals surface area contributed by atoms with Crippen LogP contribution in [-0.2, 0) is 4.74 Å². The number of carbonyl (C=O) groups excluding carboxylic acids is 1. The van der Waals surface area contributed by atoms with Gasteiger partial charge in [0, 0.05) is 16.5 Å². The molecule has 0 spiro atoms. The molecule has 0 amide bonds. The Balaban J connectivity index is 1.84. The number of likely N-dealkylation sites (tertiary alicyclic amines) is 1. The van der Waals surface area contributed by atoms with E-state index in [1.165, 1.54) is 11.3 Å². The molecule has 0 radical (unpaired) electrons. The van der Waals surface area contributed by atoms with Crippen molar-refractivity contribution in [1.29, 1.82) is 0 Å². The molecule has 0 saturated carbocycles. The summed E-state index contributed by atoms with van der Waals surface area (Å²) < 4.78 is 5.35. The van der Waals surface area contributed by atoms with Crippen molar-refractivity contribution in [2.24, 2.45) is 0 Å². The third-order valence-corrected chi connectivity index (χ3v) is 6.15. The molecular weight excluding hydrogens is 390 g/mol. The maximum Gasteiger partial charge on any atom is 0.341 e. The molecule has 7 heteroatoms. The first-order valence-corrected chi connectivity index (χ1v) is 10.8. The summed E-state index contributed by atoms with van der Waals surface area (Å²) in [5.74, 6) is -0.324. The van der Waals surface area contributed by atoms with E-state index in [0.717, 1.165) is 46.9 Å². The van der Waals surface area contributed by atoms with E-state index in [2.05, 4.69) is 22.6 Å². The lowest BCUT2D eigenvalue weighted by atomic mass is 10.0. The topological polar surface area (TPSA) is 53.6 Å². The summed E-state index contributed by atoms with van der Waals surface area (Å²) in [4.78, 5) is 16.1. The second kappa shape index (κ2) is 9.49. The van der Waals surface area contributed by atoms with E-state index in [1.54, 1.807) is 0 Å². The van der Waals surface area contributed by atoms with Crippen molar-refractivity contribution in [2.75, 3.05) is 32.1 Å². The summed E-state index contributed by atoms with van der Waals surface area (Å²) in [6, 6.07) is 10.3. The number of thiophene rings is 1. The van der Waals surface area contributed by atoms with Gasteiger partial charge in [-0.25, -0.2) is 4.79 Å². The summed E-state index contributed by atoms with van der Waals surface area (Å²) in [5, 5.41) is 7.96. The Hall–Kier alpha value is -1.96. The van der Waals surface area contributed by atoms with Crippen molar-refractivity contribution in [3.8, 4) is 11.1 Å². The number of ether oxygens (including phenoxy) is 1. The number of hydrogen-bond acceptors (Lipinski definition) is 5. The predicted octanol–water partition coefficient (Wildman–Crippen LogP) is 4.28. The fourth-order valence-corrected chi connectivity index (χ4v) is 4.86. The number of aryl methyl sites for hydroxylation is 1. The minimum Gasteiger partial charge on any atom is -0.462 e. The standard InChI is InChI=1S/C21H27N3O2S2/c1-4-26-20(25)18-17(15-8-6-5-7-9-15)14(2)28-19(18)23-21(27)22-16-10-12-24(3)13-11-16/h5-9,16H,4,10-13H2,1-3H3,(H2,22,23,27). The molecule has 2 aromatic rings. The van der Waals surface area contributed by atoms with Crippen LogP contribution in [0.5, 0.6) is 0 Å². The van der Waals surface area contributed by atoms with Gasteiger partial charge in [0.25, 0.3) is 0 Å². The molecule has 0 unspecified atom stereocenters. The average Bonchev–Trinajstić information content (AvgIpc) is 3.00. The minimum atomic E-state index is -0.324. The molecule has 1 saturated heterocycles. The third-order valence-electron chi connectivity index (χ3n) is 4.91. The maximum absolute atomic E-state index is 12.8. The van der Waals surface area contributed by atoms with E-state index in [-0.39, 0.29) is 5.97 Å². The van der Waals surface area contributed by atoms with Gasteiger partial charge in [0.15, 0.2) is 5.11 Å². The Kier molecular flexibility index (Phi) is 7.04. The van der Waals surface area contributed by atoms with Crippen molar-refractivity contribution < 1.29 is 9.53 Å². The molecule has 0 bridgehead atoms. The van der Waals surface area contributed by atoms with Gasteiger partial charge in [-0.15, -0.1) is 11.3 Å². The monoisotopic (exact) mass is 417 g/mol. The van der Waals surface area contributed by atoms with Crippen LogP contribution in [0.3, 0.4) is 0 Å². The number of hydrogen-bond donors (Lipinski definition) is 2. The Morgan fingerprint density at radius 1 is 1.29 bits per heavy atom. The van der Waals surface area contributed by atoms with Gasteiger partial charge < -0.3 is 20.3 Å². The van der Waals surface area contributed by atoms with E-state index in [9.17, 15) is 4.79 Å². The van der Waals surface area contributed by atoms with Crippen LogP contribution in [0.25, 0.3) is 11.1 Å². The molecular formula is C21H27N3O2S2. The van der Waals surface area contributed by atoms with Crippen molar-refractivity contribution in [2.45, 2.75) is 32.7 Å². The Morgan fingerprint density at radius 3 is 2.61 bits per heavy atom. The molecule has 0 aliphatic carbocycles. The third kappa shape index (κ3) is 4.90. The molecule has 5 nitrogen and oxygen atoms in total. The first-order chi connectivity index (χ1) is 13.5. The lowest BCUT2D eigenvalue weighted by molar-refractivity contribution is 0.0529. The van der Waals surface area contributed by atoms with Gasteiger partial charge in [-0.05, 0) is 64.6 Å². The Morgan fingerprint density at radius 2 is 1.96 bits per heavy atom. The molecule has 1 aliphatic rings. The number of nitrogens with zero attached hydrogens (tertiary/aromatic N) is 1. The van der Waals surface area contributed by atoms with E-state index in [1.807, 2.05) is 44.2 Å². The highest BCUT2D eigenvalue weighted by Crippen LogP contribution is 2.40. The van der Waals surface area contributed by atoms with Crippen molar-refractivity contribution in [1.82, 2.24) is 10.2 Å². The molecule has 1 aromatic heterocycles. The SMILES string of the molecule is CCOC(=O)c1c(NC(=S)NC2CCN(C)CC2)sc(C)c1-c1ccccc1. The number of carbonyl (C=O) groups is 1. The first kappa shape index (κ1) is 20.8. The number of rotatable bonds is 5. The second-order valence-electron chi connectivity index (χ2n) is 7.00. The normalized spacial score (nSPS) is 15.2.